The van der Waals surface area contributed by atoms with Crippen molar-refractivity contribution in [2.24, 2.45) is 0 Å². The van der Waals surface area contributed by atoms with E-state index in [1.807, 2.05) is 48.5 Å². The molecule has 2 aromatic carbocycles. The van der Waals surface area contributed by atoms with Crippen molar-refractivity contribution in [1.82, 2.24) is 9.97 Å². The zero-order valence-electron chi connectivity index (χ0n) is 14.2. The van der Waals surface area contributed by atoms with Gasteiger partial charge in [-0.3, -0.25) is 0 Å². The molecule has 2 heterocycles. The number of ether oxygens (including phenoxy) is 1. The van der Waals surface area contributed by atoms with Gasteiger partial charge in [0.15, 0.2) is 0 Å². The predicted molar refractivity (Wildman–Crippen MR) is 105 cm³/mol. The van der Waals surface area contributed by atoms with E-state index in [1.54, 1.807) is 0 Å². The zero-order valence-corrected chi connectivity index (χ0v) is 15.0. The van der Waals surface area contributed by atoms with E-state index in [-0.39, 0.29) is 0 Å². The summed E-state index contributed by atoms with van der Waals surface area (Å²) in [6.07, 6.45) is 0. The molecule has 4 rings (SSSR count). The van der Waals surface area contributed by atoms with Gasteiger partial charge in [0.1, 0.15) is 5.82 Å². The van der Waals surface area contributed by atoms with Crippen LogP contribution < -0.4 is 10.2 Å². The van der Waals surface area contributed by atoms with Crippen LogP contribution in [0, 0.1) is 0 Å². The molecule has 1 aliphatic heterocycles. The van der Waals surface area contributed by atoms with Crippen molar-refractivity contribution in [2.75, 3.05) is 36.5 Å². The van der Waals surface area contributed by atoms with Crippen molar-refractivity contribution in [2.45, 2.75) is 0 Å². The minimum Gasteiger partial charge on any atom is -0.378 e. The minimum absolute atomic E-state index is 0.565. The highest BCUT2D eigenvalue weighted by Crippen LogP contribution is 2.25. The molecule has 1 fully saturated rings. The largest absolute Gasteiger partial charge is 0.378 e. The van der Waals surface area contributed by atoms with Crippen LogP contribution in [-0.2, 0) is 4.74 Å². The van der Waals surface area contributed by atoms with Crippen LogP contribution in [0.5, 0.6) is 0 Å². The smallest absolute Gasteiger partial charge is 0.229 e. The summed E-state index contributed by atoms with van der Waals surface area (Å²) in [5, 5.41) is 3.98. The molecule has 3 aromatic rings. The Morgan fingerprint density at radius 3 is 2.38 bits per heavy atom. The second-order valence-electron chi connectivity index (χ2n) is 6.03. The number of anilines is 3. The Morgan fingerprint density at radius 1 is 0.923 bits per heavy atom. The lowest BCUT2D eigenvalue weighted by Gasteiger charge is -2.28. The summed E-state index contributed by atoms with van der Waals surface area (Å²) < 4.78 is 5.46. The third-order valence-electron chi connectivity index (χ3n) is 4.22. The van der Waals surface area contributed by atoms with E-state index in [4.69, 9.17) is 26.3 Å². The summed E-state index contributed by atoms with van der Waals surface area (Å²) in [5.41, 5.74) is 2.84. The molecule has 5 nitrogen and oxygen atoms in total. The van der Waals surface area contributed by atoms with Crippen molar-refractivity contribution < 1.29 is 4.74 Å². The summed E-state index contributed by atoms with van der Waals surface area (Å²) in [7, 11) is 0. The maximum atomic E-state index is 5.97. The molecular weight excluding hydrogens is 348 g/mol. The Labute approximate surface area is 157 Å². The molecule has 0 unspecified atom stereocenters. The first-order valence-electron chi connectivity index (χ1n) is 8.58. The van der Waals surface area contributed by atoms with Crippen LogP contribution in [0.4, 0.5) is 17.5 Å². The maximum absolute atomic E-state index is 5.97. The molecule has 0 amide bonds. The van der Waals surface area contributed by atoms with Gasteiger partial charge >= 0.3 is 0 Å². The maximum Gasteiger partial charge on any atom is 0.229 e. The number of morpholine rings is 1. The summed E-state index contributed by atoms with van der Waals surface area (Å²) in [4.78, 5) is 11.6. The lowest BCUT2D eigenvalue weighted by molar-refractivity contribution is 0.122. The van der Waals surface area contributed by atoms with Crippen LogP contribution in [0.2, 0.25) is 5.02 Å². The lowest BCUT2D eigenvalue weighted by atomic mass is 10.1. The third-order valence-corrected chi connectivity index (χ3v) is 4.47. The molecule has 1 aromatic heterocycles. The minimum atomic E-state index is 0.565. The summed E-state index contributed by atoms with van der Waals surface area (Å²) >= 11 is 5.97. The summed E-state index contributed by atoms with van der Waals surface area (Å²) in [5.74, 6) is 1.47. The van der Waals surface area contributed by atoms with Crippen LogP contribution >= 0.6 is 11.6 Å². The van der Waals surface area contributed by atoms with Gasteiger partial charge in [-0.25, -0.2) is 4.98 Å². The van der Waals surface area contributed by atoms with Gasteiger partial charge in [-0.2, -0.15) is 4.98 Å². The van der Waals surface area contributed by atoms with Gasteiger partial charge in [-0.15, -0.1) is 0 Å². The highest BCUT2D eigenvalue weighted by atomic mass is 35.5. The Balaban J connectivity index is 1.70. The number of halogens is 1. The molecule has 1 saturated heterocycles. The molecule has 0 spiro atoms. The first-order chi connectivity index (χ1) is 12.8. The third kappa shape index (κ3) is 3.95. The van der Waals surface area contributed by atoms with Gasteiger partial charge < -0.3 is 15.0 Å². The highest BCUT2D eigenvalue weighted by molar-refractivity contribution is 6.30. The summed E-state index contributed by atoms with van der Waals surface area (Å²) in [6, 6.07) is 19.7. The van der Waals surface area contributed by atoms with E-state index in [0.717, 1.165) is 35.9 Å². The van der Waals surface area contributed by atoms with Crippen LogP contribution in [0.3, 0.4) is 0 Å². The van der Waals surface area contributed by atoms with E-state index < -0.39 is 0 Å². The Bertz CT molecular complexity index is 865. The Hall–Kier alpha value is -2.63. The quantitative estimate of drug-likeness (QED) is 0.742. The standard InChI is InChI=1S/C20H19ClN4O/c21-16-6-8-17(9-7-16)22-20-23-18(15-4-2-1-3-5-15)14-19(24-20)25-10-12-26-13-11-25/h1-9,14H,10-13H2,(H,22,23,24). The fraction of sp³-hybridized carbons (Fsp3) is 0.200. The molecule has 0 bridgehead atoms. The van der Waals surface area contributed by atoms with Crippen LogP contribution in [0.25, 0.3) is 11.3 Å². The van der Waals surface area contributed by atoms with Gasteiger partial charge in [0.2, 0.25) is 5.95 Å². The zero-order chi connectivity index (χ0) is 17.8. The molecule has 0 aliphatic carbocycles. The number of nitrogens with zero attached hydrogens (tertiary/aromatic N) is 3. The molecule has 0 radical (unpaired) electrons. The van der Waals surface area contributed by atoms with Gasteiger partial charge in [-0.1, -0.05) is 41.9 Å². The molecule has 6 heteroatoms. The van der Waals surface area contributed by atoms with Crippen molar-refractivity contribution in [3.05, 3.63) is 65.7 Å². The van der Waals surface area contributed by atoms with E-state index in [0.29, 0.717) is 24.2 Å². The Kier molecular flexibility index (Phi) is 5.00. The van der Waals surface area contributed by atoms with Crippen molar-refractivity contribution in [1.29, 1.82) is 0 Å². The molecule has 0 saturated carbocycles. The van der Waals surface area contributed by atoms with Crippen molar-refractivity contribution in [3.8, 4) is 11.3 Å². The van der Waals surface area contributed by atoms with Gasteiger partial charge in [0, 0.05) is 35.4 Å². The van der Waals surface area contributed by atoms with Gasteiger partial charge in [0.25, 0.3) is 0 Å². The fourth-order valence-corrected chi connectivity index (χ4v) is 2.99. The second kappa shape index (κ2) is 7.72. The van der Waals surface area contributed by atoms with E-state index in [2.05, 4.69) is 22.3 Å². The predicted octanol–water partition coefficient (Wildman–Crippen LogP) is 4.38. The second-order valence-corrected chi connectivity index (χ2v) is 6.47. The molecule has 26 heavy (non-hydrogen) atoms. The molecule has 1 N–H and O–H groups in total. The monoisotopic (exact) mass is 366 g/mol. The average molecular weight is 367 g/mol. The number of aromatic nitrogens is 2. The van der Waals surface area contributed by atoms with E-state index in [9.17, 15) is 0 Å². The van der Waals surface area contributed by atoms with Gasteiger partial charge in [0.05, 0.1) is 18.9 Å². The van der Waals surface area contributed by atoms with E-state index in [1.165, 1.54) is 0 Å². The first kappa shape index (κ1) is 16.8. The van der Waals surface area contributed by atoms with E-state index >= 15 is 0 Å². The number of rotatable bonds is 4. The number of benzene rings is 2. The Morgan fingerprint density at radius 2 is 1.65 bits per heavy atom. The normalized spacial score (nSPS) is 14.3. The van der Waals surface area contributed by atoms with Crippen LogP contribution in [-0.4, -0.2) is 36.3 Å². The van der Waals surface area contributed by atoms with Gasteiger partial charge in [-0.05, 0) is 24.3 Å². The topological polar surface area (TPSA) is 50.3 Å². The molecule has 0 atom stereocenters. The molecule has 1 aliphatic rings. The molecular formula is C20H19ClN4O. The van der Waals surface area contributed by atoms with Crippen molar-refractivity contribution in [3.63, 3.8) is 0 Å². The lowest BCUT2D eigenvalue weighted by Crippen LogP contribution is -2.36. The van der Waals surface area contributed by atoms with Crippen molar-refractivity contribution >= 4 is 29.1 Å². The summed E-state index contributed by atoms with van der Waals surface area (Å²) in [6.45, 7) is 3.08. The first-order valence-corrected chi connectivity index (χ1v) is 8.95. The number of nitrogens with one attached hydrogen (secondary N) is 1. The SMILES string of the molecule is Clc1ccc(Nc2nc(-c3ccccc3)cc(N3CCOCC3)n2)cc1. The van der Waals surface area contributed by atoms with Crippen LogP contribution in [0.1, 0.15) is 0 Å². The number of hydrogen-bond donors (Lipinski definition) is 1. The highest BCUT2D eigenvalue weighted by Gasteiger charge is 2.15. The fourth-order valence-electron chi connectivity index (χ4n) is 2.86. The van der Waals surface area contributed by atoms with Crippen LogP contribution in [0.15, 0.2) is 60.7 Å². The average Bonchev–Trinajstić information content (AvgIpc) is 2.71. The molecule has 132 valence electrons. The number of hydrogen-bond acceptors (Lipinski definition) is 5.